The predicted molar refractivity (Wildman–Crippen MR) is 141 cm³/mol. The molecule has 0 radical (unpaired) electrons. The Bertz CT molecular complexity index is 1350. The summed E-state index contributed by atoms with van der Waals surface area (Å²) >= 11 is 0. The molecule has 4 nitrogen and oxygen atoms in total. The number of halogens is 2. The molecule has 2 aliphatic heterocycles. The van der Waals surface area contributed by atoms with Crippen molar-refractivity contribution in [3.8, 4) is 11.3 Å². The third kappa shape index (κ3) is 4.16. The second-order valence-electron chi connectivity index (χ2n) is 9.54. The Labute approximate surface area is 210 Å². The average molecular weight is 488 g/mol. The number of hydrogen-bond donors (Lipinski definition) is 2. The lowest BCUT2D eigenvalue weighted by Crippen LogP contribution is -2.51. The summed E-state index contributed by atoms with van der Waals surface area (Å²) in [6.07, 6.45) is 8.59. The van der Waals surface area contributed by atoms with E-state index in [1.807, 2.05) is 12.1 Å². The molecule has 0 spiro atoms. The molecule has 7 heteroatoms. The maximum absolute atomic E-state index is 16.6. The number of aliphatic hydroxyl groups excluding tert-OH is 2. The number of allylic oxidation sites excluding steroid dienone is 3. The maximum Gasteiger partial charge on any atom is 0.737 e. The molecular weight excluding hydrogens is 457 g/mol. The van der Waals surface area contributed by atoms with Crippen molar-refractivity contribution < 1.29 is 23.3 Å². The third-order valence-electron chi connectivity index (χ3n) is 7.22. The smallest absolute Gasteiger partial charge is 0.392 e. The highest BCUT2D eigenvalue weighted by atomic mass is 19.2. The van der Waals surface area contributed by atoms with Gasteiger partial charge in [-0.15, -0.1) is 0 Å². The first-order valence-corrected chi connectivity index (χ1v) is 12.7. The highest BCUT2D eigenvalue weighted by molar-refractivity contribution is 6.59. The summed E-state index contributed by atoms with van der Waals surface area (Å²) in [6.45, 7) is -2.19. The number of nitrogens with zero attached hydrogens (tertiary/aromatic N) is 2. The summed E-state index contributed by atoms with van der Waals surface area (Å²) in [6, 6.07) is 17.9. The summed E-state index contributed by atoms with van der Waals surface area (Å²) in [7, 11) is 0. The predicted octanol–water partition coefficient (Wildman–Crippen LogP) is 6.13. The van der Waals surface area contributed by atoms with E-state index in [1.165, 1.54) is 8.96 Å². The molecule has 2 aromatic carbocycles. The van der Waals surface area contributed by atoms with Crippen molar-refractivity contribution in [1.82, 2.24) is 4.48 Å². The number of hydrogen-bond acceptors (Lipinski definition) is 2. The monoisotopic (exact) mass is 488 g/mol. The van der Waals surface area contributed by atoms with Gasteiger partial charge < -0.3 is 27.8 Å². The minimum Gasteiger partial charge on any atom is -0.392 e. The Balaban J connectivity index is 1.68. The standard InChI is InChI=1S/C29H31BF2N2O2/c1-2-3-4-5-6-25-28-17-15-26(23-11-7-21(19-35)8-12-23)33(28)30(31,32)34-27(16-18-29(25)34)24-13-9-22(20-36)10-14-24/h7-18,35-36H,2-6,19-20H2,1H3. The zero-order valence-corrected chi connectivity index (χ0v) is 20.5. The van der Waals surface area contributed by atoms with Gasteiger partial charge in [0.1, 0.15) is 0 Å². The number of unbranched alkanes of at least 4 members (excludes halogenated alkanes) is 3. The molecule has 3 aromatic rings. The largest absolute Gasteiger partial charge is 0.737 e. The lowest BCUT2D eigenvalue weighted by molar-refractivity contribution is -0.361. The van der Waals surface area contributed by atoms with E-state index < -0.39 is 6.97 Å². The Morgan fingerprint density at radius 3 is 1.97 bits per heavy atom. The summed E-state index contributed by atoms with van der Waals surface area (Å²) in [4.78, 5) is 0. The van der Waals surface area contributed by atoms with Gasteiger partial charge in [0.15, 0.2) is 11.4 Å². The molecule has 0 saturated carbocycles. The number of aliphatic hydroxyl groups is 2. The van der Waals surface area contributed by atoms with Crippen LogP contribution in [0.4, 0.5) is 8.63 Å². The Hall–Kier alpha value is -3.29. The molecule has 5 rings (SSSR count). The van der Waals surface area contributed by atoms with Crippen LogP contribution in [0, 0.1) is 0 Å². The van der Waals surface area contributed by atoms with E-state index in [0.717, 1.165) is 48.8 Å². The van der Waals surface area contributed by atoms with Crippen LogP contribution in [-0.4, -0.2) is 31.9 Å². The highest BCUT2D eigenvalue weighted by Crippen LogP contribution is 2.42. The highest BCUT2D eigenvalue weighted by Gasteiger charge is 2.54. The van der Waals surface area contributed by atoms with E-state index in [2.05, 4.69) is 6.92 Å². The van der Waals surface area contributed by atoms with Gasteiger partial charge in [0.05, 0.1) is 13.2 Å². The zero-order valence-electron chi connectivity index (χ0n) is 20.5. The minimum atomic E-state index is -4.18. The van der Waals surface area contributed by atoms with E-state index in [9.17, 15) is 10.2 Å². The van der Waals surface area contributed by atoms with Crippen LogP contribution < -0.4 is 0 Å². The fourth-order valence-corrected chi connectivity index (χ4v) is 5.32. The molecule has 36 heavy (non-hydrogen) atoms. The molecule has 0 saturated heterocycles. The maximum atomic E-state index is 16.6. The van der Waals surface area contributed by atoms with Crippen LogP contribution in [0.3, 0.4) is 0 Å². The summed E-state index contributed by atoms with van der Waals surface area (Å²) in [5.41, 5.74) is 5.88. The van der Waals surface area contributed by atoms with E-state index in [4.69, 9.17) is 0 Å². The van der Waals surface area contributed by atoms with E-state index in [0.29, 0.717) is 33.9 Å². The van der Waals surface area contributed by atoms with Crippen LogP contribution in [-0.2, 0) is 13.2 Å². The Morgan fingerprint density at radius 1 is 0.750 bits per heavy atom. The van der Waals surface area contributed by atoms with Crippen molar-refractivity contribution >= 4 is 18.3 Å². The lowest BCUT2D eigenvalue weighted by atomic mass is 9.85. The lowest BCUT2D eigenvalue weighted by Gasteiger charge is -2.33. The number of rotatable bonds is 9. The van der Waals surface area contributed by atoms with Crippen molar-refractivity contribution in [1.29, 1.82) is 0 Å². The molecule has 2 N–H and O–H groups in total. The van der Waals surface area contributed by atoms with Gasteiger partial charge in [-0.3, -0.25) is 0 Å². The van der Waals surface area contributed by atoms with Gasteiger partial charge in [0, 0.05) is 34.7 Å². The fraction of sp³-hybridized carbons (Fsp3) is 0.276. The van der Waals surface area contributed by atoms with Crippen molar-refractivity contribution in [2.75, 3.05) is 0 Å². The second kappa shape index (κ2) is 9.99. The van der Waals surface area contributed by atoms with Crippen LogP contribution in [0.1, 0.15) is 61.4 Å². The quantitative estimate of drug-likeness (QED) is 0.281. The van der Waals surface area contributed by atoms with Crippen LogP contribution in [0.25, 0.3) is 16.8 Å². The molecule has 2 aliphatic rings. The SMILES string of the molecule is CCCCCCC1=C2C=CC(c3ccc(CO)cc3)=[N+]2[B-](F)(F)n2c1ccc2-c1ccc(CO)cc1. The molecule has 0 unspecified atom stereocenters. The summed E-state index contributed by atoms with van der Waals surface area (Å²) < 4.78 is 35.6. The van der Waals surface area contributed by atoms with Crippen LogP contribution in [0.5, 0.6) is 0 Å². The normalized spacial score (nSPS) is 16.0. The second-order valence-corrected chi connectivity index (χ2v) is 9.54. The average Bonchev–Trinajstić information content (AvgIpc) is 3.55. The number of aromatic nitrogens is 1. The first-order chi connectivity index (χ1) is 17.5. The van der Waals surface area contributed by atoms with Crippen LogP contribution in [0.2, 0.25) is 0 Å². The topological polar surface area (TPSA) is 48.4 Å². The van der Waals surface area contributed by atoms with Gasteiger partial charge in [-0.2, -0.15) is 0 Å². The summed E-state index contributed by atoms with van der Waals surface area (Å²) in [5.74, 6) is 0. The van der Waals surface area contributed by atoms with E-state index in [-0.39, 0.29) is 13.2 Å². The zero-order chi connectivity index (χ0) is 25.3. The molecule has 0 fully saturated rings. The van der Waals surface area contributed by atoms with Gasteiger partial charge in [-0.1, -0.05) is 62.6 Å². The van der Waals surface area contributed by atoms with Gasteiger partial charge in [0.25, 0.3) is 0 Å². The number of fused-ring (bicyclic) bond motifs is 2. The van der Waals surface area contributed by atoms with E-state index in [1.54, 1.807) is 60.7 Å². The van der Waals surface area contributed by atoms with Gasteiger partial charge in [0.2, 0.25) is 0 Å². The van der Waals surface area contributed by atoms with Crippen LogP contribution >= 0.6 is 0 Å². The van der Waals surface area contributed by atoms with Crippen molar-refractivity contribution in [2.45, 2.75) is 52.2 Å². The molecule has 3 heterocycles. The Kier molecular flexibility index (Phi) is 6.78. The number of benzene rings is 2. The Morgan fingerprint density at radius 2 is 1.36 bits per heavy atom. The van der Waals surface area contributed by atoms with Gasteiger partial charge in [-0.05, 0) is 53.8 Å². The minimum absolute atomic E-state index is 0.0898. The summed E-state index contributed by atoms with van der Waals surface area (Å²) in [5, 5.41) is 18.8. The van der Waals surface area contributed by atoms with Crippen molar-refractivity contribution in [3.63, 3.8) is 0 Å². The molecule has 0 aliphatic carbocycles. The molecule has 0 bridgehead atoms. The molecular formula is C29H31BF2N2O2. The van der Waals surface area contributed by atoms with Crippen molar-refractivity contribution in [3.05, 3.63) is 101 Å². The van der Waals surface area contributed by atoms with E-state index >= 15 is 8.63 Å². The fourth-order valence-electron chi connectivity index (χ4n) is 5.32. The molecule has 186 valence electrons. The van der Waals surface area contributed by atoms with Crippen LogP contribution in [0.15, 0.2) is 78.5 Å². The van der Waals surface area contributed by atoms with Gasteiger partial charge >= 0.3 is 6.97 Å². The first-order valence-electron chi connectivity index (χ1n) is 12.7. The van der Waals surface area contributed by atoms with Gasteiger partial charge in [-0.25, -0.2) is 0 Å². The molecule has 0 amide bonds. The molecule has 0 atom stereocenters. The first kappa shape index (κ1) is 24.4. The third-order valence-corrected chi connectivity index (χ3v) is 7.22. The van der Waals surface area contributed by atoms with Crippen molar-refractivity contribution in [2.24, 2.45) is 0 Å². The molecule has 1 aromatic heterocycles.